The van der Waals surface area contributed by atoms with Crippen LogP contribution in [0.5, 0.6) is 23.0 Å². The van der Waals surface area contributed by atoms with Crippen LogP contribution in [0.3, 0.4) is 0 Å². The number of rotatable bonds is 11. The van der Waals surface area contributed by atoms with E-state index in [1.807, 2.05) is 72.8 Å². The number of benzene rings is 3. The van der Waals surface area contributed by atoms with Gasteiger partial charge >= 0.3 is 0 Å². The summed E-state index contributed by atoms with van der Waals surface area (Å²) in [4.78, 5) is 4.57. The van der Waals surface area contributed by atoms with Crippen LogP contribution in [-0.4, -0.2) is 69.7 Å². The Morgan fingerprint density at radius 2 is 1.43 bits per heavy atom. The quantitative estimate of drug-likeness (QED) is 0.449. The molecule has 1 saturated heterocycles. The van der Waals surface area contributed by atoms with Crippen molar-refractivity contribution < 1.29 is 24.1 Å². The molecule has 7 heteroatoms. The van der Waals surface area contributed by atoms with Crippen LogP contribution in [0, 0.1) is 0 Å². The zero-order valence-electron chi connectivity index (χ0n) is 20.4. The lowest BCUT2D eigenvalue weighted by molar-refractivity contribution is 0.0662. The molecule has 186 valence electrons. The number of anilines is 1. The van der Waals surface area contributed by atoms with Crippen molar-refractivity contribution in [3.63, 3.8) is 0 Å². The molecule has 1 atom stereocenters. The van der Waals surface area contributed by atoms with Gasteiger partial charge in [0.1, 0.15) is 42.3 Å². The molecule has 1 aliphatic heterocycles. The van der Waals surface area contributed by atoms with Crippen molar-refractivity contribution in [2.45, 2.75) is 12.7 Å². The normalized spacial score (nSPS) is 14.9. The Kier molecular flexibility index (Phi) is 8.70. The summed E-state index contributed by atoms with van der Waals surface area (Å²) in [5, 5.41) is 10.5. The van der Waals surface area contributed by atoms with Crippen molar-refractivity contribution >= 4 is 5.69 Å². The van der Waals surface area contributed by atoms with Gasteiger partial charge in [0.25, 0.3) is 0 Å². The number of hydrogen-bond donors (Lipinski definition) is 1. The molecule has 0 aliphatic carbocycles. The topological polar surface area (TPSA) is 63.6 Å². The minimum Gasteiger partial charge on any atom is -0.497 e. The molecule has 1 heterocycles. The lowest BCUT2D eigenvalue weighted by Gasteiger charge is -2.37. The molecule has 35 heavy (non-hydrogen) atoms. The highest BCUT2D eigenvalue weighted by molar-refractivity contribution is 5.61. The summed E-state index contributed by atoms with van der Waals surface area (Å²) in [6.07, 6.45) is -0.564. The largest absolute Gasteiger partial charge is 0.497 e. The van der Waals surface area contributed by atoms with E-state index in [4.69, 9.17) is 18.9 Å². The van der Waals surface area contributed by atoms with Crippen LogP contribution in [0.2, 0.25) is 0 Å². The minimum atomic E-state index is -0.564. The Balaban J connectivity index is 1.18. The lowest BCUT2D eigenvalue weighted by Crippen LogP contribution is -2.49. The predicted molar refractivity (Wildman–Crippen MR) is 137 cm³/mol. The van der Waals surface area contributed by atoms with Crippen molar-refractivity contribution in [3.05, 3.63) is 78.4 Å². The van der Waals surface area contributed by atoms with Gasteiger partial charge in [-0.1, -0.05) is 30.3 Å². The summed E-state index contributed by atoms with van der Waals surface area (Å²) in [6, 6.07) is 23.5. The van der Waals surface area contributed by atoms with Crippen molar-refractivity contribution in [3.8, 4) is 23.0 Å². The number of hydrogen-bond acceptors (Lipinski definition) is 7. The van der Waals surface area contributed by atoms with Crippen LogP contribution in [0.25, 0.3) is 0 Å². The van der Waals surface area contributed by atoms with E-state index in [-0.39, 0.29) is 6.61 Å². The number of β-amino-alcohol motifs (C(OH)–C–C–N with tert-alkyl or cyclic N) is 1. The third-order valence-electron chi connectivity index (χ3n) is 6.08. The predicted octanol–water partition coefficient (Wildman–Crippen LogP) is 3.84. The van der Waals surface area contributed by atoms with Gasteiger partial charge in [-0.2, -0.15) is 0 Å². The fraction of sp³-hybridized carbons (Fsp3) is 0.357. The highest BCUT2D eigenvalue weighted by Crippen LogP contribution is 2.32. The smallest absolute Gasteiger partial charge is 0.145 e. The maximum absolute atomic E-state index is 10.5. The molecule has 7 nitrogen and oxygen atoms in total. The van der Waals surface area contributed by atoms with Crippen LogP contribution in [0.15, 0.2) is 72.8 Å². The molecular formula is C28H34N2O5. The molecule has 0 bridgehead atoms. The number of methoxy groups -OCH3 is 2. The first kappa shape index (κ1) is 24.7. The van der Waals surface area contributed by atoms with Gasteiger partial charge in [0.15, 0.2) is 0 Å². The van der Waals surface area contributed by atoms with Gasteiger partial charge in [0.05, 0.1) is 19.9 Å². The standard InChI is InChI=1S/C28H34N2O5/c1-32-26-12-13-27(28(18-26)33-2)30-16-14-29(15-17-30)19-23(31)21-35-25-10-8-24(9-11-25)34-20-22-6-4-3-5-7-22/h3-13,18,23,31H,14-17,19-21H2,1-2H3. The first-order chi connectivity index (χ1) is 17.1. The monoisotopic (exact) mass is 478 g/mol. The fourth-order valence-electron chi connectivity index (χ4n) is 4.13. The van der Waals surface area contributed by atoms with Gasteiger partial charge in [0.2, 0.25) is 0 Å². The summed E-state index contributed by atoms with van der Waals surface area (Å²) >= 11 is 0. The zero-order valence-corrected chi connectivity index (χ0v) is 20.4. The SMILES string of the molecule is COc1ccc(N2CCN(CC(O)COc3ccc(OCc4ccccc4)cc3)CC2)c(OC)c1. The highest BCUT2D eigenvalue weighted by Gasteiger charge is 2.22. The first-order valence-corrected chi connectivity index (χ1v) is 11.9. The molecule has 0 spiro atoms. The van der Waals surface area contributed by atoms with Crippen molar-refractivity contribution in [2.24, 2.45) is 0 Å². The van der Waals surface area contributed by atoms with Gasteiger partial charge in [-0.25, -0.2) is 0 Å². The molecule has 0 saturated carbocycles. The Bertz CT molecular complexity index is 1040. The van der Waals surface area contributed by atoms with Crippen LogP contribution >= 0.6 is 0 Å². The second-order valence-corrected chi connectivity index (χ2v) is 8.54. The lowest BCUT2D eigenvalue weighted by atomic mass is 10.2. The van der Waals surface area contributed by atoms with Crippen molar-refractivity contribution in [1.82, 2.24) is 4.90 Å². The van der Waals surface area contributed by atoms with E-state index >= 15 is 0 Å². The van der Waals surface area contributed by atoms with E-state index in [0.29, 0.717) is 18.9 Å². The molecule has 0 amide bonds. The molecule has 3 aromatic rings. The van der Waals surface area contributed by atoms with E-state index in [0.717, 1.165) is 54.7 Å². The van der Waals surface area contributed by atoms with Crippen LogP contribution in [0.4, 0.5) is 5.69 Å². The van der Waals surface area contributed by atoms with E-state index in [1.54, 1.807) is 14.2 Å². The molecule has 1 N–H and O–H groups in total. The van der Waals surface area contributed by atoms with Crippen molar-refractivity contribution in [2.75, 3.05) is 58.5 Å². The number of aliphatic hydroxyl groups excluding tert-OH is 1. The summed E-state index contributed by atoms with van der Waals surface area (Å²) in [5.74, 6) is 3.09. The minimum absolute atomic E-state index is 0.247. The molecule has 4 rings (SSSR count). The Morgan fingerprint density at radius 3 is 2.09 bits per heavy atom. The Hall–Kier alpha value is -3.42. The number of nitrogens with zero attached hydrogens (tertiary/aromatic N) is 2. The van der Waals surface area contributed by atoms with E-state index in [1.165, 1.54) is 0 Å². The first-order valence-electron chi connectivity index (χ1n) is 11.9. The van der Waals surface area contributed by atoms with Gasteiger partial charge < -0.3 is 29.0 Å². The molecule has 1 aliphatic rings. The van der Waals surface area contributed by atoms with E-state index < -0.39 is 6.10 Å². The molecule has 3 aromatic carbocycles. The third-order valence-corrected chi connectivity index (χ3v) is 6.08. The number of ether oxygens (including phenoxy) is 4. The van der Waals surface area contributed by atoms with Crippen molar-refractivity contribution in [1.29, 1.82) is 0 Å². The highest BCUT2D eigenvalue weighted by atomic mass is 16.5. The average molecular weight is 479 g/mol. The summed E-state index contributed by atoms with van der Waals surface area (Å²) in [6.45, 7) is 4.79. The maximum Gasteiger partial charge on any atom is 0.145 e. The second kappa shape index (κ2) is 12.3. The molecule has 1 fully saturated rings. The van der Waals surface area contributed by atoms with Gasteiger partial charge in [-0.3, -0.25) is 4.90 Å². The average Bonchev–Trinajstić information content (AvgIpc) is 2.92. The summed E-state index contributed by atoms with van der Waals surface area (Å²) < 4.78 is 22.5. The number of piperazine rings is 1. The van der Waals surface area contributed by atoms with Gasteiger partial charge in [0, 0.05) is 38.8 Å². The fourth-order valence-corrected chi connectivity index (χ4v) is 4.13. The summed E-state index contributed by atoms with van der Waals surface area (Å²) in [5.41, 5.74) is 2.19. The molecule has 1 unspecified atom stereocenters. The Morgan fingerprint density at radius 1 is 0.771 bits per heavy atom. The Labute approximate surface area is 207 Å². The maximum atomic E-state index is 10.5. The second-order valence-electron chi connectivity index (χ2n) is 8.54. The van der Waals surface area contributed by atoms with E-state index in [9.17, 15) is 5.11 Å². The van der Waals surface area contributed by atoms with Gasteiger partial charge in [-0.15, -0.1) is 0 Å². The van der Waals surface area contributed by atoms with Crippen LogP contribution < -0.4 is 23.8 Å². The molecule has 0 aromatic heterocycles. The zero-order chi connectivity index (χ0) is 24.5. The third kappa shape index (κ3) is 7.04. The molecular weight excluding hydrogens is 444 g/mol. The van der Waals surface area contributed by atoms with Gasteiger partial charge in [-0.05, 0) is 42.0 Å². The summed E-state index contributed by atoms with van der Waals surface area (Å²) in [7, 11) is 3.33. The number of aliphatic hydroxyl groups is 1. The van der Waals surface area contributed by atoms with Crippen LogP contribution in [-0.2, 0) is 6.61 Å². The molecule has 0 radical (unpaired) electrons. The van der Waals surface area contributed by atoms with E-state index in [2.05, 4.69) is 9.80 Å². The van der Waals surface area contributed by atoms with Crippen LogP contribution in [0.1, 0.15) is 5.56 Å².